The van der Waals surface area contributed by atoms with Gasteiger partial charge >= 0.3 is 0 Å². The molecular weight excluding hydrogens is 248 g/mol. The second-order valence-corrected chi connectivity index (χ2v) is 6.76. The van der Waals surface area contributed by atoms with Crippen molar-refractivity contribution in [1.82, 2.24) is 19.6 Å². The molecule has 4 nitrogen and oxygen atoms in total. The van der Waals surface area contributed by atoms with Gasteiger partial charge in [-0.05, 0) is 55.9 Å². The van der Waals surface area contributed by atoms with Crippen LogP contribution in [0.25, 0.3) is 0 Å². The zero-order valence-corrected chi connectivity index (χ0v) is 15.2. The van der Waals surface area contributed by atoms with Gasteiger partial charge in [-0.1, -0.05) is 0 Å². The van der Waals surface area contributed by atoms with Crippen molar-refractivity contribution in [2.75, 3.05) is 67.5 Å². The Bertz CT molecular complexity index is 207. The van der Waals surface area contributed by atoms with Crippen molar-refractivity contribution in [3.63, 3.8) is 0 Å². The first-order chi connectivity index (χ1) is 9.23. The fourth-order valence-electron chi connectivity index (χ4n) is 1.74. The maximum atomic E-state index is 2.43. The number of hydrogen-bond donors (Lipinski definition) is 0. The fourth-order valence-corrected chi connectivity index (χ4v) is 1.74. The van der Waals surface area contributed by atoms with E-state index in [1.165, 1.54) is 0 Å². The van der Waals surface area contributed by atoms with Crippen LogP contribution in [0.1, 0.15) is 27.7 Å². The first kappa shape index (κ1) is 19.8. The highest BCUT2D eigenvalue weighted by Gasteiger charge is 2.08. The fraction of sp³-hybridized carbons (Fsp3) is 1.00. The average molecular weight is 287 g/mol. The standard InChI is InChI=1S/C16H38N4/c1-15(2)19(7)13-11-17(5)9-10-18(6)12-14-20(8)16(3)4/h15-16H,9-14H2,1-8H3. The van der Waals surface area contributed by atoms with Crippen LogP contribution in [0.5, 0.6) is 0 Å². The Morgan fingerprint density at radius 1 is 0.500 bits per heavy atom. The Labute approximate surface area is 127 Å². The van der Waals surface area contributed by atoms with E-state index in [0.717, 1.165) is 39.3 Å². The van der Waals surface area contributed by atoms with Gasteiger partial charge in [0.1, 0.15) is 0 Å². The Hall–Kier alpha value is -0.160. The number of rotatable bonds is 11. The van der Waals surface area contributed by atoms with Gasteiger partial charge in [-0.15, -0.1) is 0 Å². The molecular formula is C16H38N4. The van der Waals surface area contributed by atoms with E-state index in [0.29, 0.717) is 12.1 Å². The van der Waals surface area contributed by atoms with E-state index in [-0.39, 0.29) is 0 Å². The molecule has 20 heavy (non-hydrogen) atoms. The monoisotopic (exact) mass is 286 g/mol. The SMILES string of the molecule is CC(C)N(C)CCN(C)CCN(C)CCN(C)C(C)C. The largest absolute Gasteiger partial charge is 0.304 e. The molecule has 0 saturated heterocycles. The lowest BCUT2D eigenvalue weighted by Gasteiger charge is -2.27. The van der Waals surface area contributed by atoms with Crippen LogP contribution in [0.2, 0.25) is 0 Å². The molecule has 0 unspecified atom stereocenters. The van der Waals surface area contributed by atoms with Crippen molar-refractivity contribution in [3.05, 3.63) is 0 Å². The molecule has 0 aromatic carbocycles. The second kappa shape index (κ2) is 10.6. The molecule has 122 valence electrons. The maximum absolute atomic E-state index is 2.43. The quantitative estimate of drug-likeness (QED) is 0.571. The minimum atomic E-state index is 0.637. The van der Waals surface area contributed by atoms with Gasteiger partial charge in [0.25, 0.3) is 0 Å². The summed E-state index contributed by atoms with van der Waals surface area (Å²) in [6.45, 7) is 15.9. The Kier molecular flexibility index (Phi) is 10.5. The first-order valence-corrected chi connectivity index (χ1v) is 8.01. The minimum absolute atomic E-state index is 0.637. The van der Waals surface area contributed by atoms with E-state index in [1.54, 1.807) is 0 Å². The normalized spacial score (nSPS) is 12.9. The molecule has 0 aliphatic rings. The Morgan fingerprint density at radius 3 is 1.00 bits per heavy atom. The zero-order valence-electron chi connectivity index (χ0n) is 15.2. The maximum Gasteiger partial charge on any atom is 0.0109 e. The van der Waals surface area contributed by atoms with Gasteiger partial charge in [-0.2, -0.15) is 0 Å². The molecule has 0 radical (unpaired) electrons. The Morgan fingerprint density at radius 2 is 0.750 bits per heavy atom. The third-order valence-electron chi connectivity index (χ3n) is 4.30. The van der Waals surface area contributed by atoms with E-state index in [9.17, 15) is 0 Å². The van der Waals surface area contributed by atoms with Crippen LogP contribution in [0.3, 0.4) is 0 Å². The van der Waals surface area contributed by atoms with Crippen molar-refractivity contribution in [2.24, 2.45) is 0 Å². The molecule has 0 aliphatic carbocycles. The number of likely N-dealkylation sites (N-methyl/N-ethyl adjacent to an activating group) is 4. The summed E-state index contributed by atoms with van der Waals surface area (Å²) < 4.78 is 0. The van der Waals surface area contributed by atoms with Gasteiger partial charge in [0.2, 0.25) is 0 Å². The molecule has 0 aromatic heterocycles. The lowest BCUT2D eigenvalue weighted by molar-refractivity contribution is 0.191. The van der Waals surface area contributed by atoms with Crippen LogP contribution in [0.4, 0.5) is 0 Å². The number of hydrogen-bond acceptors (Lipinski definition) is 4. The molecule has 4 heteroatoms. The van der Waals surface area contributed by atoms with Gasteiger partial charge in [-0.25, -0.2) is 0 Å². The van der Waals surface area contributed by atoms with Crippen molar-refractivity contribution in [1.29, 1.82) is 0 Å². The topological polar surface area (TPSA) is 13.0 Å². The van der Waals surface area contributed by atoms with E-state index >= 15 is 0 Å². The predicted molar refractivity (Wildman–Crippen MR) is 90.5 cm³/mol. The van der Waals surface area contributed by atoms with Crippen LogP contribution < -0.4 is 0 Å². The van der Waals surface area contributed by atoms with Crippen LogP contribution in [-0.2, 0) is 0 Å². The molecule has 0 bridgehead atoms. The van der Waals surface area contributed by atoms with Crippen molar-refractivity contribution >= 4 is 0 Å². The van der Waals surface area contributed by atoms with Crippen molar-refractivity contribution in [2.45, 2.75) is 39.8 Å². The highest BCUT2D eigenvalue weighted by molar-refractivity contribution is 4.64. The van der Waals surface area contributed by atoms with E-state index in [1.807, 2.05) is 0 Å². The summed E-state index contributed by atoms with van der Waals surface area (Å²) >= 11 is 0. The first-order valence-electron chi connectivity index (χ1n) is 8.01. The summed E-state index contributed by atoms with van der Waals surface area (Å²) in [4.78, 5) is 9.67. The zero-order chi connectivity index (χ0) is 15.7. The molecule has 0 N–H and O–H groups in total. The van der Waals surface area contributed by atoms with Crippen LogP contribution in [-0.4, -0.2) is 99.1 Å². The lowest BCUT2D eigenvalue weighted by Crippen LogP contribution is -2.39. The smallest absolute Gasteiger partial charge is 0.0109 e. The third-order valence-corrected chi connectivity index (χ3v) is 4.30. The lowest BCUT2D eigenvalue weighted by atomic mass is 10.3. The summed E-state index contributed by atoms with van der Waals surface area (Å²) in [5, 5.41) is 0. The molecule has 0 atom stereocenters. The van der Waals surface area contributed by atoms with Crippen molar-refractivity contribution < 1.29 is 0 Å². The van der Waals surface area contributed by atoms with Crippen LogP contribution >= 0.6 is 0 Å². The van der Waals surface area contributed by atoms with E-state index < -0.39 is 0 Å². The second-order valence-electron chi connectivity index (χ2n) is 6.76. The summed E-state index contributed by atoms with van der Waals surface area (Å²) in [7, 11) is 8.85. The molecule has 0 spiro atoms. The number of nitrogens with zero attached hydrogens (tertiary/aromatic N) is 4. The summed E-state index contributed by atoms with van der Waals surface area (Å²) in [5.74, 6) is 0. The van der Waals surface area contributed by atoms with Gasteiger partial charge in [0, 0.05) is 51.4 Å². The molecule has 0 saturated carbocycles. The van der Waals surface area contributed by atoms with Gasteiger partial charge in [0.15, 0.2) is 0 Å². The molecule has 0 amide bonds. The molecule has 0 aromatic rings. The van der Waals surface area contributed by atoms with E-state index in [2.05, 4.69) is 75.5 Å². The average Bonchev–Trinajstić information content (AvgIpc) is 2.39. The summed E-state index contributed by atoms with van der Waals surface area (Å²) in [6.07, 6.45) is 0. The minimum Gasteiger partial charge on any atom is -0.304 e. The van der Waals surface area contributed by atoms with Crippen LogP contribution in [0, 0.1) is 0 Å². The van der Waals surface area contributed by atoms with Gasteiger partial charge in [-0.3, -0.25) is 0 Å². The summed E-state index contributed by atoms with van der Waals surface area (Å²) in [5.41, 5.74) is 0. The molecule has 0 aliphatic heterocycles. The third kappa shape index (κ3) is 9.70. The predicted octanol–water partition coefficient (Wildman–Crippen LogP) is 1.53. The molecule has 0 rings (SSSR count). The highest BCUT2D eigenvalue weighted by Crippen LogP contribution is 1.96. The van der Waals surface area contributed by atoms with Gasteiger partial charge in [0.05, 0.1) is 0 Å². The van der Waals surface area contributed by atoms with Gasteiger partial charge < -0.3 is 19.6 Å². The highest BCUT2D eigenvalue weighted by atomic mass is 15.2. The molecule has 0 heterocycles. The molecule has 0 fully saturated rings. The Balaban J connectivity index is 3.70. The van der Waals surface area contributed by atoms with Crippen LogP contribution in [0.15, 0.2) is 0 Å². The summed E-state index contributed by atoms with van der Waals surface area (Å²) in [6, 6.07) is 1.27. The van der Waals surface area contributed by atoms with E-state index in [4.69, 9.17) is 0 Å². The van der Waals surface area contributed by atoms with Crippen molar-refractivity contribution in [3.8, 4) is 0 Å².